The minimum atomic E-state index is -0.207. The fraction of sp³-hybridized carbons (Fsp3) is 0. The predicted octanol–water partition coefficient (Wildman–Crippen LogP) is 5.38. The van der Waals surface area contributed by atoms with Crippen molar-refractivity contribution >= 4 is 46.3 Å². The lowest BCUT2D eigenvalue weighted by molar-refractivity contribution is 0.102. The third-order valence-electron chi connectivity index (χ3n) is 3.27. The number of benzene rings is 2. The standard InChI is InChI=1S/C18H13Cl2N3O/c19-14-7-4-8-15(17(14)20)22-13-9-10-16(21-11-13)23-18(24)12-5-2-1-3-6-12/h1-11,22H,(H,21,23,24). The fourth-order valence-electron chi connectivity index (χ4n) is 2.08. The van der Waals surface area contributed by atoms with Crippen LogP contribution in [0.15, 0.2) is 66.9 Å². The van der Waals surface area contributed by atoms with E-state index in [9.17, 15) is 4.79 Å². The van der Waals surface area contributed by atoms with Crippen LogP contribution in [0.4, 0.5) is 17.2 Å². The number of hydrogen-bond donors (Lipinski definition) is 2. The minimum absolute atomic E-state index is 0.207. The van der Waals surface area contributed by atoms with E-state index in [1.165, 1.54) is 0 Å². The number of nitrogens with one attached hydrogen (secondary N) is 2. The third kappa shape index (κ3) is 3.85. The summed E-state index contributed by atoms with van der Waals surface area (Å²) in [6, 6.07) is 17.8. The van der Waals surface area contributed by atoms with E-state index in [1.54, 1.807) is 42.6 Å². The van der Waals surface area contributed by atoms with E-state index in [-0.39, 0.29) is 5.91 Å². The van der Waals surface area contributed by atoms with E-state index in [1.807, 2.05) is 24.3 Å². The number of carbonyl (C=O) groups is 1. The molecule has 3 rings (SSSR count). The number of pyridine rings is 1. The summed E-state index contributed by atoms with van der Waals surface area (Å²) in [5, 5.41) is 6.80. The van der Waals surface area contributed by atoms with Crippen molar-refractivity contribution in [2.75, 3.05) is 10.6 Å². The van der Waals surface area contributed by atoms with Crippen LogP contribution in [-0.2, 0) is 0 Å². The predicted molar refractivity (Wildman–Crippen MR) is 98.4 cm³/mol. The van der Waals surface area contributed by atoms with Crippen molar-refractivity contribution in [1.29, 1.82) is 0 Å². The van der Waals surface area contributed by atoms with E-state index >= 15 is 0 Å². The molecule has 0 radical (unpaired) electrons. The Balaban J connectivity index is 1.69. The number of halogens is 2. The van der Waals surface area contributed by atoms with Crippen LogP contribution in [0.25, 0.3) is 0 Å². The molecule has 1 aromatic heterocycles. The number of aromatic nitrogens is 1. The quantitative estimate of drug-likeness (QED) is 0.658. The zero-order chi connectivity index (χ0) is 16.9. The van der Waals surface area contributed by atoms with Crippen LogP contribution in [0.3, 0.4) is 0 Å². The maximum atomic E-state index is 12.1. The molecular formula is C18H13Cl2N3O. The first-order valence-corrected chi connectivity index (χ1v) is 7.92. The van der Waals surface area contributed by atoms with Gasteiger partial charge in [0, 0.05) is 5.56 Å². The highest BCUT2D eigenvalue weighted by molar-refractivity contribution is 6.43. The summed E-state index contributed by atoms with van der Waals surface area (Å²) in [5.74, 6) is 0.258. The largest absolute Gasteiger partial charge is 0.353 e. The van der Waals surface area contributed by atoms with Crippen LogP contribution in [0.1, 0.15) is 10.4 Å². The molecule has 0 spiro atoms. The Morgan fingerprint density at radius 3 is 2.42 bits per heavy atom. The van der Waals surface area contributed by atoms with Crippen LogP contribution >= 0.6 is 23.2 Å². The smallest absolute Gasteiger partial charge is 0.256 e. The number of hydrogen-bond acceptors (Lipinski definition) is 3. The Hall–Kier alpha value is -2.56. The molecule has 3 aromatic rings. The van der Waals surface area contributed by atoms with E-state index < -0.39 is 0 Å². The van der Waals surface area contributed by atoms with Crippen molar-refractivity contribution in [2.24, 2.45) is 0 Å². The summed E-state index contributed by atoms with van der Waals surface area (Å²) in [6.07, 6.45) is 1.61. The van der Waals surface area contributed by atoms with Gasteiger partial charge in [0.2, 0.25) is 0 Å². The number of carbonyl (C=O) groups excluding carboxylic acids is 1. The Bertz CT molecular complexity index is 852. The summed E-state index contributed by atoms with van der Waals surface area (Å²) in [5.41, 5.74) is 2.00. The van der Waals surface area contributed by atoms with Gasteiger partial charge < -0.3 is 10.6 Å². The molecule has 24 heavy (non-hydrogen) atoms. The van der Waals surface area contributed by atoms with Gasteiger partial charge in [-0.3, -0.25) is 4.79 Å². The summed E-state index contributed by atoms with van der Waals surface area (Å²) >= 11 is 12.1. The summed E-state index contributed by atoms with van der Waals surface area (Å²) in [6.45, 7) is 0. The third-order valence-corrected chi connectivity index (χ3v) is 4.09. The molecule has 0 aliphatic carbocycles. The number of anilines is 3. The van der Waals surface area contributed by atoms with Crippen molar-refractivity contribution in [3.8, 4) is 0 Å². The van der Waals surface area contributed by atoms with Gasteiger partial charge in [-0.25, -0.2) is 4.98 Å². The molecule has 2 aromatic carbocycles. The van der Waals surface area contributed by atoms with E-state index in [2.05, 4.69) is 15.6 Å². The lowest BCUT2D eigenvalue weighted by Crippen LogP contribution is -2.12. The molecular weight excluding hydrogens is 345 g/mol. The van der Waals surface area contributed by atoms with Crippen LogP contribution < -0.4 is 10.6 Å². The maximum Gasteiger partial charge on any atom is 0.256 e. The molecule has 6 heteroatoms. The SMILES string of the molecule is O=C(Nc1ccc(Nc2cccc(Cl)c2Cl)cn1)c1ccccc1. The first kappa shape index (κ1) is 16.3. The number of nitrogens with zero attached hydrogens (tertiary/aromatic N) is 1. The average Bonchev–Trinajstić information content (AvgIpc) is 2.61. The van der Waals surface area contributed by atoms with Crippen molar-refractivity contribution in [1.82, 2.24) is 4.98 Å². The Kier molecular flexibility index (Phi) is 4.99. The normalized spacial score (nSPS) is 10.2. The molecule has 0 bridgehead atoms. The van der Waals surface area contributed by atoms with Gasteiger partial charge in [0.15, 0.2) is 0 Å². The molecule has 2 N–H and O–H groups in total. The van der Waals surface area contributed by atoms with Crippen LogP contribution in [0.2, 0.25) is 10.0 Å². The van der Waals surface area contributed by atoms with Gasteiger partial charge in [-0.05, 0) is 36.4 Å². The average molecular weight is 358 g/mol. The van der Waals surface area contributed by atoms with Gasteiger partial charge in [-0.2, -0.15) is 0 Å². The number of amides is 1. The molecule has 0 saturated carbocycles. The summed E-state index contributed by atoms with van der Waals surface area (Å²) in [7, 11) is 0. The van der Waals surface area contributed by atoms with Crippen molar-refractivity contribution in [3.63, 3.8) is 0 Å². The molecule has 0 atom stereocenters. The molecule has 4 nitrogen and oxygen atoms in total. The zero-order valence-corrected chi connectivity index (χ0v) is 14.0. The molecule has 1 heterocycles. The Morgan fingerprint density at radius 1 is 0.917 bits per heavy atom. The molecule has 0 aliphatic heterocycles. The summed E-state index contributed by atoms with van der Waals surface area (Å²) in [4.78, 5) is 16.3. The van der Waals surface area contributed by atoms with E-state index in [0.29, 0.717) is 27.1 Å². The van der Waals surface area contributed by atoms with Crippen molar-refractivity contribution < 1.29 is 4.79 Å². The topological polar surface area (TPSA) is 54.0 Å². The minimum Gasteiger partial charge on any atom is -0.353 e. The van der Waals surface area contributed by atoms with Gasteiger partial charge in [0.1, 0.15) is 5.82 Å². The highest BCUT2D eigenvalue weighted by Crippen LogP contribution is 2.31. The summed E-state index contributed by atoms with van der Waals surface area (Å²) < 4.78 is 0. The monoisotopic (exact) mass is 357 g/mol. The van der Waals surface area contributed by atoms with Gasteiger partial charge in [0.25, 0.3) is 5.91 Å². The molecule has 0 saturated heterocycles. The Morgan fingerprint density at radius 2 is 1.71 bits per heavy atom. The lowest BCUT2D eigenvalue weighted by atomic mass is 10.2. The number of rotatable bonds is 4. The van der Waals surface area contributed by atoms with Gasteiger partial charge in [-0.1, -0.05) is 47.5 Å². The Labute approximate surface area is 149 Å². The molecule has 0 unspecified atom stereocenters. The highest BCUT2D eigenvalue weighted by atomic mass is 35.5. The molecule has 0 fully saturated rings. The van der Waals surface area contributed by atoms with Gasteiger partial charge in [-0.15, -0.1) is 0 Å². The van der Waals surface area contributed by atoms with Crippen LogP contribution in [-0.4, -0.2) is 10.9 Å². The van der Waals surface area contributed by atoms with Crippen LogP contribution in [0.5, 0.6) is 0 Å². The second kappa shape index (κ2) is 7.34. The van der Waals surface area contributed by atoms with E-state index in [4.69, 9.17) is 23.2 Å². The van der Waals surface area contributed by atoms with E-state index in [0.717, 1.165) is 5.69 Å². The van der Waals surface area contributed by atoms with Gasteiger partial charge in [0.05, 0.1) is 27.6 Å². The highest BCUT2D eigenvalue weighted by Gasteiger charge is 2.07. The van der Waals surface area contributed by atoms with Crippen molar-refractivity contribution in [2.45, 2.75) is 0 Å². The van der Waals surface area contributed by atoms with Crippen molar-refractivity contribution in [3.05, 3.63) is 82.5 Å². The molecule has 1 amide bonds. The maximum absolute atomic E-state index is 12.1. The van der Waals surface area contributed by atoms with Crippen LogP contribution in [0, 0.1) is 0 Å². The first-order valence-electron chi connectivity index (χ1n) is 7.17. The fourth-order valence-corrected chi connectivity index (χ4v) is 2.42. The molecule has 0 aliphatic rings. The van der Waals surface area contributed by atoms with Gasteiger partial charge >= 0.3 is 0 Å². The zero-order valence-electron chi connectivity index (χ0n) is 12.5. The second-order valence-electron chi connectivity index (χ2n) is 4.98. The molecule has 120 valence electrons. The first-order chi connectivity index (χ1) is 11.6. The lowest BCUT2D eigenvalue weighted by Gasteiger charge is -2.10. The second-order valence-corrected chi connectivity index (χ2v) is 5.76.